The molecule has 0 radical (unpaired) electrons. The van der Waals surface area contributed by atoms with Crippen LogP contribution in [0.15, 0.2) is 27.9 Å². The molecular weight excluding hydrogens is 384 g/mol. The van der Waals surface area contributed by atoms with E-state index in [1.54, 1.807) is 11.3 Å². The molecule has 5 nitrogen and oxygen atoms in total. The van der Waals surface area contributed by atoms with Gasteiger partial charge < -0.3 is 9.88 Å². The fourth-order valence-electron chi connectivity index (χ4n) is 2.66. The number of ketones is 1. The van der Waals surface area contributed by atoms with Gasteiger partial charge in [0.1, 0.15) is 0 Å². The fourth-order valence-corrected chi connectivity index (χ4v) is 5.14. The van der Waals surface area contributed by atoms with Crippen molar-refractivity contribution in [3.63, 3.8) is 0 Å². The van der Waals surface area contributed by atoms with Gasteiger partial charge in [-0.15, -0.1) is 21.5 Å². The van der Waals surface area contributed by atoms with Gasteiger partial charge in [0.15, 0.2) is 10.1 Å². The van der Waals surface area contributed by atoms with Crippen LogP contribution in [0.25, 0.3) is 0 Å². The summed E-state index contributed by atoms with van der Waals surface area (Å²) in [6, 6.07) is 6.49. The first kappa shape index (κ1) is 19.1. The van der Waals surface area contributed by atoms with Gasteiger partial charge in [0.2, 0.25) is 5.13 Å². The highest BCUT2D eigenvalue weighted by Crippen LogP contribution is 2.27. The molecule has 0 aliphatic rings. The Balaban J connectivity index is 1.65. The maximum atomic E-state index is 12.7. The zero-order valence-corrected chi connectivity index (χ0v) is 17.7. The Morgan fingerprint density at radius 1 is 1.35 bits per heavy atom. The summed E-state index contributed by atoms with van der Waals surface area (Å²) >= 11 is 4.67. The van der Waals surface area contributed by atoms with Gasteiger partial charge in [-0.05, 0) is 45.2 Å². The highest BCUT2D eigenvalue weighted by molar-refractivity contribution is 8.01. The molecular formula is C18H22N4OS3. The first-order chi connectivity index (χ1) is 12.4. The van der Waals surface area contributed by atoms with Gasteiger partial charge in [0.05, 0.1) is 12.3 Å². The Morgan fingerprint density at radius 2 is 2.15 bits per heavy atom. The first-order valence-electron chi connectivity index (χ1n) is 8.39. The second-order valence-corrected chi connectivity index (χ2v) is 9.57. The number of nitrogens with one attached hydrogen (secondary N) is 1. The second kappa shape index (κ2) is 8.37. The van der Waals surface area contributed by atoms with E-state index in [1.165, 1.54) is 28.0 Å². The van der Waals surface area contributed by atoms with Crippen LogP contribution in [0.3, 0.4) is 0 Å². The Bertz CT molecular complexity index is 881. The van der Waals surface area contributed by atoms with Crippen LogP contribution in [0.5, 0.6) is 0 Å². The van der Waals surface area contributed by atoms with Crippen molar-refractivity contribution in [1.82, 2.24) is 14.8 Å². The fraction of sp³-hybridized carbons (Fsp3) is 0.389. The molecule has 3 heterocycles. The third-order valence-electron chi connectivity index (χ3n) is 3.91. The number of aromatic nitrogens is 3. The zero-order valence-electron chi connectivity index (χ0n) is 15.3. The van der Waals surface area contributed by atoms with Crippen molar-refractivity contribution >= 4 is 45.4 Å². The van der Waals surface area contributed by atoms with Gasteiger partial charge in [-0.1, -0.05) is 29.2 Å². The van der Waals surface area contributed by atoms with E-state index in [9.17, 15) is 4.79 Å². The molecule has 0 bridgehead atoms. The minimum absolute atomic E-state index is 0.133. The predicted molar refractivity (Wildman–Crippen MR) is 111 cm³/mol. The van der Waals surface area contributed by atoms with Gasteiger partial charge in [-0.3, -0.25) is 4.79 Å². The van der Waals surface area contributed by atoms with Crippen molar-refractivity contribution in [2.24, 2.45) is 0 Å². The van der Waals surface area contributed by atoms with Gasteiger partial charge >= 0.3 is 0 Å². The Morgan fingerprint density at radius 3 is 2.85 bits per heavy atom. The van der Waals surface area contributed by atoms with E-state index in [2.05, 4.69) is 58.4 Å². The lowest BCUT2D eigenvalue weighted by molar-refractivity contribution is 0.102. The van der Waals surface area contributed by atoms with E-state index in [-0.39, 0.29) is 5.78 Å². The summed E-state index contributed by atoms with van der Waals surface area (Å²) < 4.78 is 3.02. The molecule has 0 saturated carbocycles. The van der Waals surface area contributed by atoms with Crippen molar-refractivity contribution in [3.8, 4) is 0 Å². The Hall–Kier alpha value is -1.64. The molecule has 8 heteroatoms. The molecule has 0 aromatic carbocycles. The van der Waals surface area contributed by atoms with E-state index >= 15 is 0 Å². The van der Waals surface area contributed by atoms with E-state index in [0.717, 1.165) is 33.0 Å². The SMILES string of the molecule is Cc1cc(C(=O)CSc2nnc(NC(C)C)s2)c(C)n1Cc1cccs1. The first-order valence-corrected chi connectivity index (χ1v) is 11.1. The number of thiophene rings is 1. The zero-order chi connectivity index (χ0) is 18.7. The number of carbonyl (C=O) groups excluding carboxylic acids is 1. The maximum absolute atomic E-state index is 12.7. The van der Waals surface area contributed by atoms with Crippen LogP contribution < -0.4 is 5.32 Å². The Labute approximate surface area is 165 Å². The van der Waals surface area contributed by atoms with Crippen LogP contribution in [0.4, 0.5) is 5.13 Å². The molecule has 26 heavy (non-hydrogen) atoms. The summed E-state index contributed by atoms with van der Waals surface area (Å²) in [6.45, 7) is 9.01. The molecule has 0 spiro atoms. The van der Waals surface area contributed by atoms with Crippen LogP contribution >= 0.6 is 34.4 Å². The molecule has 0 fully saturated rings. The van der Waals surface area contributed by atoms with Gasteiger partial charge in [-0.25, -0.2) is 0 Å². The van der Waals surface area contributed by atoms with Crippen molar-refractivity contribution < 1.29 is 4.79 Å². The molecule has 3 rings (SSSR count). The largest absolute Gasteiger partial charge is 0.358 e. The minimum atomic E-state index is 0.133. The summed E-state index contributed by atoms with van der Waals surface area (Å²) in [4.78, 5) is 14.0. The third-order valence-corrected chi connectivity index (χ3v) is 6.76. The number of hydrogen-bond donors (Lipinski definition) is 1. The predicted octanol–water partition coefficient (Wildman–Crippen LogP) is 4.86. The van der Waals surface area contributed by atoms with E-state index < -0.39 is 0 Å². The Kier molecular flexibility index (Phi) is 6.16. The summed E-state index contributed by atoms with van der Waals surface area (Å²) in [5, 5.41) is 14.4. The second-order valence-electron chi connectivity index (χ2n) is 6.33. The van der Waals surface area contributed by atoms with Crippen LogP contribution in [-0.2, 0) is 6.54 Å². The minimum Gasteiger partial charge on any atom is -0.358 e. The lowest BCUT2D eigenvalue weighted by atomic mass is 10.2. The van der Waals surface area contributed by atoms with Crippen molar-refractivity contribution in [2.75, 3.05) is 11.1 Å². The highest BCUT2D eigenvalue weighted by atomic mass is 32.2. The van der Waals surface area contributed by atoms with Gasteiger partial charge in [0.25, 0.3) is 0 Å². The number of carbonyl (C=O) groups is 1. The monoisotopic (exact) mass is 406 g/mol. The standard InChI is InChI=1S/C18H22N4OS3/c1-11(2)19-17-20-21-18(26-17)25-10-16(23)15-8-12(3)22(13(15)4)9-14-6-5-7-24-14/h5-8,11H,9-10H2,1-4H3,(H,19,20). The van der Waals surface area contributed by atoms with Crippen LogP contribution in [0.2, 0.25) is 0 Å². The van der Waals surface area contributed by atoms with Crippen molar-refractivity contribution in [1.29, 1.82) is 0 Å². The van der Waals surface area contributed by atoms with Crippen molar-refractivity contribution in [2.45, 2.75) is 44.6 Å². The number of Topliss-reactive ketones (excluding diaryl/α,β-unsaturated/α-hetero) is 1. The molecule has 0 unspecified atom stereocenters. The van der Waals surface area contributed by atoms with Crippen LogP contribution in [0, 0.1) is 13.8 Å². The maximum Gasteiger partial charge on any atom is 0.206 e. The topological polar surface area (TPSA) is 59.8 Å². The summed E-state index contributed by atoms with van der Waals surface area (Å²) in [5.41, 5.74) is 2.95. The van der Waals surface area contributed by atoms with E-state index in [1.807, 2.05) is 13.0 Å². The van der Waals surface area contributed by atoms with E-state index in [0.29, 0.717) is 11.8 Å². The molecule has 3 aromatic rings. The molecule has 0 saturated heterocycles. The molecule has 0 amide bonds. The molecule has 0 atom stereocenters. The third kappa shape index (κ3) is 4.55. The smallest absolute Gasteiger partial charge is 0.206 e. The number of thioether (sulfide) groups is 1. The van der Waals surface area contributed by atoms with Crippen LogP contribution in [0.1, 0.15) is 40.5 Å². The highest BCUT2D eigenvalue weighted by Gasteiger charge is 2.17. The quantitative estimate of drug-likeness (QED) is 0.427. The number of anilines is 1. The number of aryl methyl sites for hydroxylation is 1. The average molecular weight is 407 g/mol. The number of nitrogens with zero attached hydrogens (tertiary/aromatic N) is 3. The lowest BCUT2D eigenvalue weighted by Crippen LogP contribution is -2.08. The van der Waals surface area contributed by atoms with E-state index in [4.69, 9.17) is 0 Å². The molecule has 1 N–H and O–H groups in total. The number of hydrogen-bond acceptors (Lipinski definition) is 7. The summed E-state index contributed by atoms with van der Waals surface area (Å²) in [5.74, 6) is 0.508. The molecule has 0 aliphatic carbocycles. The molecule has 3 aromatic heterocycles. The van der Waals surface area contributed by atoms with Crippen molar-refractivity contribution in [3.05, 3.63) is 45.4 Å². The van der Waals surface area contributed by atoms with Gasteiger partial charge in [-0.2, -0.15) is 0 Å². The lowest BCUT2D eigenvalue weighted by Gasteiger charge is -2.08. The normalized spacial score (nSPS) is 11.3. The average Bonchev–Trinajstić information content (AvgIpc) is 3.30. The molecule has 0 aliphatic heterocycles. The molecule has 138 valence electrons. The van der Waals surface area contributed by atoms with Gasteiger partial charge in [0, 0.05) is 27.9 Å². The van der Waals surface area contributed by atoms with Crippen LogP contribution in [-0.4, -0.2) is 32.3 Å². The number of rotatable bonds is 8. The summed E-state index contributed by atoms with van der Waals surface area (Å²) in [7, 11) is 0. The summed E-state index contributed by atoms with van der Waals surface area (Å²) in [6.07, 6.45) is 0.